The maximum absolute atomic E-state index is 6.03. The molecule has 1 unspecified atom stereocenters. The van der Waals surface area contributed by atoms with E-state index in [4.69, 9.17) is 10.5 Å². The van der Waals surface area contributed by atoms with Gasteiger partial charge in [-0.3, -0.25) is 0 Å². The maximum Gasteiger partial charge on any atom is 0.130 e. The van der Waals surface area contributed by atoms with Crippen LogP contribution in [0.3, 0.4) is 0 Å². The Morgan fingerprint density at radius 1 is 1.33 bits per heavy atom. The topological polar surface area (TPSA) is 48.1 Å². The largest absolute Gasteiger partial charge is 0.383 e. The van der Waals surface area contributed by atoms with Crippen LogP contribution in [-0.2, 0) is 17.8 Å². The van der Waals surface area contributed by atoms with Gasteiger partial charge in [0.25, 0.3) is 0 Å². The first-order valence-corrected chi connectivity index (χ1v) is 7.52. The first-order chi connectivity index (χ1) is 10.1. The van der Waals surface area contributed by atoms with Gasteiger partial charge in [0.1, 0.15) is 5.82 Å². The van der Waals surface area contributed by atoms with Crippen molar-refractivity contribution in [2.75, 3.05) is 5.73 Å². The van der Waals surface area contributed by atoms with Gasteiger partial charge in [0.05, 0.1) is 18.2 Å². The van der Waals surface area contributed by atoms with Crippen molar-refractivity contribution in [3.63, 3.8) is 0 Å². The third-order valence-corrected chi connectivity index (χ3v) is 3.86. The molecule has 0 saturated heterocycles. The third kappa shape index (κ3) is 3.08. The number of benzene rings is 1. The number of anilines is 1. The average Bonchev–Trinajstić information content (AvgIpc) is 2.90. The van der Waals surface area contributed by atoms with Gasteiger partial charge in [-0.15, -0.1) is 0 Å². The van der Waals surface area contributed by atoms with E-state index in [1.807, 2.05) is 32.9 Å². The lowest BCUT2D eigenvalue weighted by molar-refractivity contribution is 0.0801. The van der Waals surface area contributed by atoms with Crippen LogP contribution in [0.4, 0.5) is 5.82 Å². The van der Waals surface area contributed by atoms with Gasteiger partial charge in [0, 0.05) is 10.9 Å². The molecule has 2 aromatic rings. The minimum atomic E-state index is 0.0627. The molecule has 3 nitrogen and oxygen atoms in total. The van der Waals surface area contributed by atoms with Crippen molar-refractivity contribution >= 4 is 16.7 Å². The highest BCUT2D eigenvalue weighted by atomic mass is 16.5. The summed E-state index contributed by atoms with van der Waals surface area (Å²) in [4.78, 5) is 4.50. The normalized spacial score (nSPS) is 16.9. The van der Waals surface area contributed by atoms with Crippen LogP contribution in [0, 0.1) is 0 Å². The zero-order valence-corrected chi connectivity index (χ0v) is 13.3. The standard InChI is InChI=1S/C14H16N2O.C4H8/c1-3-9-4-5-10-11-7-17-8(2)13(11)14(15)16-12(10)6-9;1-3-4-2/h4-6,8H,3,7H2,1-2H3,(H2,15,16);3-4H,1-2H3/b;4-3-. The van der Waals surface area contributed by atoms with E-state index in [1.165, 1.54) is 16.5 Å². The molecule has 1 aliphatic rings. The molecule has 0 spiro atoms. The Morgan fingerprint density at radius 2 is 2.05 bits per heavy atom. The number of nitrogen functional groups attached to an aromatic ring is 1. The summed E-state index contributed by atoms with van der Waals surface area (Å²) in [5.41, 5.74) is 10.6. The Balaban J connectivity index is 0.000000361. The quantitative estimate of drug-likeness (QED) is 0.781. The second-order valence-electron chi connectivity index (χ2n) is 5.21. The number of allylic oxidation sites excluding steroid dienone is 2. The molecule has 0 radical (unpaired) electrons. The molecule has 3 rings (SSSR count). The first-order valence-electron chi connectivity index (χ1n) is 7.52. The number of pyridine rings is 1. The van der Waals surface area contributed by atoms with Crippen molar-refractivity contribution in [1.29, 1.82) is 0 Å². The van der Waals surface area contributed by atoms with E-state index in [0.717, 1.165) is 17.5 Å². The van der Waals surface area contributed by atoms with E-state index in [1.54, 1.807) is 0 Å². The molecule has 1 aliphatic heterocycles. The molecule has 0 saturated carbocycles. The van der Waals surface area contributed by atoms with Gasteiger partial charge in [-0.1, -0.05) is 31.2 Å². The van der Waals surface area contributed by atoms with Gasteiger partial charge in [-0.05, 0) is 44.4 Å². The summed E-state index contributed by atoms with van der Waals surface area (Å²) in [6.07, 6.45) is 5.08. The van der Waals surface area contributed by atoms with Crippen LogP contribution in [0.15, 0.2) is 30.4 Å². The molecule has 0 aliphatic carbocycles. The van der Waals surface area contributed by atoms with Gasteiger partial charge in [0.2, 0.25) is 0 Å². The monoisotopic (exact) mass is 284 g/mol. The predicted molar refractivity (Wildman–Crippen MR) is 89.2 cm³/mol. The predicted octanol–water partition coefficient (Wildman–Crippen LogP) is 4.55. The number of hydrogen-bond acceptors (Lipinski definition) is 3. The highest BCUT2D eigenvalue weighted by Gasteiger charge is 2.25. The zero-order valence-electron chi connectivity index (χ0n) is 13.3. The molecular formula is C18H24N2O. The number of hydrogen-bond donors (Lipinski definition) is 1. The number of nitrogens with zero attached hydrogens (tertiary/aromatic N) is 1. The minimum Gasteiger partial charge on any atom is -0.383 e. The summed E-state index contributed by atoms with van der Waals surface area (Å²) in [5, 5.41) is 1.18. The van der Waals surface area contributed by atoms with E-state index in [9.17, 15) is 0 Å². The molecule has 1 atom stereocenters. The summed E-state index contributed by atoms with van der Waals surface area (Å²) >= 11 is 0. The summed E-state index contributed by atoms with van der Waals surface area (Å²) in [7, 11) is 0. The first kappa shape index (κ1) is 15.5. The summed E-state index contributed by atoms with van der Waals surface area (Å²) in [6, 6.07) is 6.42. The molecule has 2 N–H and O–H groups in total. The fourth-order valence-corrected chi connectivity index (χ4v) is 2.54. The molecule has 1 aromatic carbocycles. The summed E-state index contributed by atoms with van der Waals surface area (Å²) in [5.74, 6) is 0.616. The van der Waals surface area contributed by atoms with Gasteiger partial charge in [0.15, 0.2) is 0 Å². The molecule has 0 bridgehead atoms. The van der Waals surface area contributed by atoms with Crippen LogP contribution in [0.2, 0.25) is 0 Å². The number of aryl methyl sites for hydroxylation is 1. The number of fused-ring (bicyclic) bond motifs is 3. The smallest absolute Gasteiger partial charge is 0.130 e. The SMILES string of the molecule is C/C=C\C.CCc1ccc2c3c(c(N)nc2c1)C(C)OC3. The highest BCUT2D eigenvalue weighted by molar-refractivity contribution is 5.86. The molecule has 0 fully saturated rings. The van der Waals surface area contributed by atoms with Crippen molar-refractivity contribution in [3.8, 4) is 0 Å². The molecule has 0 amide bonds. The summed E-state index contributed by atoms with van der Waals surface area (Å²) < 4.78 is 5.65. The Kier molecular flexibility index (Phi) is 4.97. The molecular weight excluding hydrogens is 260 g/mol. The summed E-state index contributed by atoms with van der Waals surface area (Å²) in [6.45, 7) is 8.81. The van der Waals surface area contributed by atoms with Crippen molar-refractivity contribution in [2.45, 2.75) is 46.8 Å². The van der Waals surface area contributed by atoms with Crippen LogP contribution < -0.4 is 5.73 Å². The maximum atomic E-state index is 6.03. The Hall–Kier alpha value is -1.87. The van der Waals surface area contributed by atoms with Gasteiger partial charge >= 0.3 is 0 Å². The van der Waals surface area contributed by atoms with Crippen LogP contribution in [-0.4, -0.2) is 4.98 Å². The third-order valence-electron chi connectivity index (χ3n) is 3.86. The highest BCUT2D eigenvalue weighted by Crippen LogP contribution is 2.37. The van der Waals surface area contributed by atoms with Crippen molar-refractivity contribution in [1.82, 2.24) is 4.98 Å². The molecule has 2 heterocycles. The van der Waals surface area contributed by atoms with Crippen LogP contribution >= 0.6 is 0 Å². The van der Waals surface area contributed by atoms with E-state index in [-0.39, 0.29) is 6.10 Å². The van der Waals surface area contributed by atoms with Crippen molar-refractivity contribution in [2.24, 2.45) is 0 Å². The van der Waals surface area contributed by atoms with E-state index in [2.05, 4.69) is 30.1 Å². The van der Waals surface area contributed by atoms with Gasteiger partial charge in [-0.2, -0.15) is 0 Å². The second-order valence-corrected chi connectivity index (χ2v) is 5.21. The van der Waals surface area contributed by atoms with Gasteiger partial charge in [-0.25, -0.2) is 4.98 Å². The zero-order chi connectivity index (χ0) is 15.4. The minimum absolute atomic E-state index is 0.0627. The number of nitrogens with two attached hydrogens (primary N) is 1. The Morgan fingerprint density at radius 3 is 2.67 bits per heavy atom. The van der Waals surface area contributed by atoms with E-state index in [0.29, 0.717) is 12.4 Å². The van der Waals surface area contributed by atoms with E-state index < -0.39 is 0 Å². The van der Waals surface area contributed by atoms with Crippen molar-refractivity contribution in [3.05, 3.63) is 47.0 Å². The second kappa shape index (κ2) is 6.72. The Labute approximate surface area is 126 Å². The molecule has 1 aromatic heterocycles. The number of ether oxygens (including phenoxy) is 1. The number of rotatable bonds is 1. The van der Waals surface area contributed by atoms with Gasteiger partial charge < -0.3 is 10.5 Å². The lowest BCUT2D eigenvalue weighted by Gasteiger charge is -2.09. The lowest BCUT2D eigenvalue weighted by Crippen LogP contribution is -2.01. The van der Waals surface area contributed by atoms with Crippen LogP contribution in [0.25, 0.3) is 10.9 Å². The van der Waals surface area contributed by atoms with Crippen LogP contribution in [0.5, 0.6) is 0 Å². The van der Waals surface area contributed by atoms with Crippen molar-refractivity contribution < 1.29 is 4.74 Å². The average molecular weight is 284 g/mol. The molecule has 3 heteroatoms. The Bertz CT molecular complexity index is 658. The van der Waals surface area contributed by atoms with E-state index >= 15 is 0 Å². The fraction of sp³-hybridized carbons (Fsp3) is 0.389. The molecule has 21 heavy (non-hydrogen) atoms. The molecule has 112 valence electrons. The number of aromatic nitrogens is 1. The fourth-order valence-electron chi connectivity index (χ4n) is 2.54. The lowest BCUT2D eigenvalue weighted by atomic mass is 10.0. The van der Waals surface area contributed by atoms with Crippen LogP contribution in [0.1, 0.15) is 50.5 Å².